The number of rotatable bonds is 4. The zero-order valence-corrected chi connectivity index (χ0v) is 18.4. The molecule has 32 heavy (non-hydrogen) atoms. The Morgan fingerprint density at radius 3 is 2.59 bits per heavy atom. The molecular weight excluding hydrogens is 414 g/mol. The molecule has 0 aromatic carbocycles. The largest absolute Gasteiger partial charge is 0.370 e. The van der Waals surface area contributed by atoms with Gasteiger partial charge in [0.1, 0.15) is 11.6 Å². The molecule has 2 fully saturated rings. The Balaban J connectivity index is 1.50. The maximum atomic E-state index is 13.1. The van der Waals surface area contributed by atoms with Gasteiger partial charge in [0, 0.05) is 30.3 Å². The van der Waals surface area contributed by atoms with Gasteiger partial charge < -0.3 is 9.64 Å². The van der Waals surface area contributed by atoms with Gasteiger partial charge >= 0.3 is 0 Å². The number of anilines is 1. The number of morpholine rings is 1. The van der Waals surface area contributed by atoms with Crippen LogP contribution in [0.2, 0.25) is 0 Å². The topological polar surface area (TPSA) is 76.9 Å². The summed E-state index contributed by atoms with van der Waals surface area (Å²) >= 11 is 0. The maximum Gasteiger partial charge on any atom is 0.241 e. The fourth-order valence-electron chi connectivity index (χ4n) is 4.44. The lowest BCUT2D eigenvalue weighted by Crippen LogP contribution is -2.40. The van der Waals surface area contributed by atoms with Crippen molar-refractivity contribution < 1.29 is 13.5 Å². The Morgan fingerprint density at radius 1 is 1.06 bits per heavy atom. The van der Waals surface area contributed by atoms with E-state index in [9.17, 15) is 8.78 Å². The number of hydrogen-bond donors (Lipinski definition) is 0. The summed E-state index contributed by atoms with van der Waals surface area (Å²) in [6.45, 7) is 7.53. The van der Waals surface area contributed by atoms with Crippen LogP contribution in [-0.2, 0) is 4.74 Å². The van der Waals surface area contributed by atoms with Crippen LogP contribution < -0.4 is 4.90 Å². The lowest BCUT2D eigenvalue weighted by molar-refractivity contribution is 0.0220. The molecule has 1 saturated carbocycles. The van der Waals surface area contributed by atoms with Crippen LogP contribution in [-0.4, -0.2) is 51.0 Å². The standard InChI is InChI=1S/C23H26F2N6O/c1-12-8-15(4-5-26-12)18-11-31(6-7-32-18)23-29-19(16-9-17(10-16)21(24)25)20-22(30-23)28-14(3)13(2)27-20/h4-5,8,16-18,21H,6-7,9-11H2,1-3H3/t16-,17-,18-/m0/s1. The van der Waals surface area contributed by atoms with Gasteiger partial charge in [-0.3, -0.25) is 4.98 Å². The lowest BCUT2D eigenvalue weighted by Gasteiger charge is -2.36. The van der Waals surface area contributed by atoms with Gasteiger partial charge in [-0.05, 0) is 51.3 Å². The molecule has 0 amide bonds. The van der Waals surface area contributed by atoms with Crippen molar-refractivity contribution in [3.8, 4) is 0 Å². The van der Waals surface area contributed by atoms with Crippen molar-refractivity contribution in [1.82, 2.24) is 24.9 Å². The fourth-order valence-corrected chi connectivity index (χ4v) is 4.44. The minimum absolute atomic E-state index is 0.0469. The normalized spacial score (nSPS) is 23.6. The van der Waals surface area contributed by atoms with Crippen LogP contribution in [0, 0.1) is 26.7 Å². The zero-order valence-electron chi connectivity index (χ0n) is 18.4. The summed E-state index contributed by atoms with van der Waals surface area (Å²) in [5.74, 6) is -0.0605. The number of halogens is 2. The number of alkyl halides is 2. The lowest BCUT2D eigenvalue weighted by atomic mass is 9.73. The monoisotopic (exact) mass is 440 g/mol. The van der Waals surface area contributed by atoms with Crippen molar-refractivity contribution in [1.29, 1.82) is 0 Å². The molecule has 2 aliphatic rings. The minimum atomic E-state index is -2.29. The summed E-state index contributed by atoms with van der Waals surface area (Å²) in [6.07, 6.45) is 0.206. The quantitative estimate of drug-likeness (QED) is 0.605. The van der Waals surface area contributed by atoms with Gasteiger partial charge in [-0.1, -0.05) is 0 Å². The van der Waals surface area contributed by atoms with Crippen molar-refractivity contribution >= 4 is 17.1 Å². The number of nitrogens with zero attached hydrogens (tertiary/aromatic N) is 6. The highest BCUT2D eigenvalue weighted by atomic mass is 19.3. The first kappa shape index (κ1) is 21.1. The summed E-state index contributed by atoms with van der Waals surface area (Å²) in [5.41, 5.74) is 5.50. The molecule has 0 radical (unpaired) electrons. The number of hydrogen-bond acceptors (Lipinski definition) is 7. The molecule has 7 nitrogen and oxygen atoms in total. The second kappa shape index (κ2) is 8.27. The predicted octanol–water partition coefficient (Wildman–Crippen LogP) is 4.08. The average molecular weight is 440 g/mol. The zero-order chi connectivity index (χ0) is 22.4. The number of aryl methyl sites for hydroxylation is 3. The third-order valence-electron chi connectivity index (χ3n) is 6.52. The van der Waals surface area contributed by atoms with E-state index in [0.717, 1.165) is 28.3 Å². The molecule has 0 spiro atoms. The van der Waals surface area contributed by atoms with E-state index >= 15 is 0 Å². The Labute approximate surface area is 185 Å². The molecule has 168 valence electrons. The van der Waals surface area contributed by atoms with Crippen LogP contribution in [0.25, 0.3) is 11.2 Å². The molecule has 9 heteroatoms. The van der Waals surface area contributed by atoms with Gasteiger partial charge in [-0.2, -0.15) is 4.98 Å². The van der Waals surface area contributed by atoms with E-state index in [2.05, 4.69) is 19.9 Å². The number of pyridine rings is 1. The molecule has 3 aromatic rings. The molecule has 5 rings (SSSR count). The molecule has 1 aliphatic carbocycles. The Bertz CT molecular complexity index is 1150. The van der Waals surface area contributed by atoms with Crippen molar-refractivity contribution in [3.05, 3.63) is 46.7 Å². The highest BCUT2D eigenvalue weighted by Crippen LogP contribution is 2.45. The van der Waals surface area contributed by atoms with Crippen LogP contribution in [0.1, 0.15) is 53.2 Å². The van der Waals surface area contributed by atoms with Crippen molar-refractivity contribution in [2.75, 3.05) is 24.6 Å². The maximum absolute atomic E-state index is 13.1. The molecule has 1 atom stereocenters. The second-order valence-corrected chi connectivity index (χ2v) is 8.77. The predicted molar refractivity (Wildman–Crippen MR) is 116 cm³/mol. The van der Waals surface area contributed by atoms with Crippen molar-refractivity contribution in [2.24, 2.45) is 5.92 Å². The molecule has 0 unspecified atom stereocenters. The van der Waals surface area contributed by atoms with Crippen LogP contribution in [0.15, 0.2) is 18.3 Å². The first-order valence-electron chi connectivity index (χ1n) is 11.0. The Hall–Kier alpha value is -2.81. The van der Waals surface area contributed by atoms with E-state index in [4.69, 9.17) is 14.7 Å². The van der Waals surface area contributed by atoms with Crippen LogP contribution in [0.3, 0.4) is 0 Å². The van der Waals surface area contributed by atoms with Gasteiger partial charge in [0.15, 0.2) is 5.65 Å². The Morgan fingerprint density at radius 2 is 1.84 bits per heavy atom. The Kier molecular flexibility index (Phi) is 5.44. The van der Waals surface area contributed by atoms with Crippen molar-refractivity contribution in [2.45, 2.75) is 52.1 Å². The van der Waals surface area contributed by atoms with Gasteiger partial charge in [-0.25, -0.2) is 23.7 Å². The van der Waals surface area contributed by atoms with Crippen LogP contribution in [0.5, 0.6) is 0 Å². The molecule has 1 aliphatic heterocycles. The van der Waals surface area contributed by atoms with E-state index in [0.29, 0.717) is 49.7 Å². The van der Waals surface area contributed by atoms with E-state index < -0.39 is 12.3 Å². The van der Waals surface area contributed by atoms with E-state index in [-0.39, 0.29) is 12.0 Å². The van der Waals surface area contributed by atoms with E-state index in [1.54, 1.807) is 6.20 Å². The molecule has 1 saturated heterocycles. The molecule has 0 N–H and O–H groups in total. The summed E-state index contributed by atoms with van der Waals surface area (Å²) in [7, 11) is 0. The van der Waals surface area contributed by atoms with Crippen molar-refractivity contribution in [3.63, 3.8) is 0 Å². The fraction of sp³-hybridized carbons (Fsp3) is 0.522. The number of ether oxygens (including phenoxy) is 1. The van der Waals surface area contributed by atoms with Gasteiger partial charge in [-0.15, -0.1) is 0 Å². The van der Waals surface area contributed by atoms with Gasteiger partial charge in [0.25, 0.3) is 0 Å². The summed E-state index contributed by atoms with van der Waals surface area (Å²) in [6, 6.07) is 3.99. The molecule has 3 aromatic heterocycles. The first-order valence-corrected chi connectivity index (χ1v) is 11.0. The highest BCUT2D eigenvalue weighted by Gasteiger charge is 2.39. The summed E-state index contributed by atoms with van der Waals surface area (Å²) in [4.78, 5) is 25.3. The summed E-state index contributed by atoms with van der Waals surface area (Å²) < 4.78 is 32.2. The molecule has 4 heterocycles. The van der Waals surface area contributed by atoms with E-state index in [1.807, 2.05) is 32.9 Å². The van der Waals surface area contributed by atoms with E-state index in [1.165, 1.54) is 0 Å². The third kappa shape index (κ3) is 3.90. The number of fused-ring (bicyclic) bond motifs is 1. The summed E-state index contributed by atoms with van der Waals surface area (Å²) in [5, 5.41) is 0. The molecule has 0 bridgehead atoms. The second-order valence-electron chi connectivity index (χ2n) is 8.77. The SMILES string of the molecule is Cc1cc([C@@H]2CN(c3nc4nc(C)c(C)nc4c([C@H]4C[C@H](C(F)F)C4)n3)CCO2)ccn1. The number of aromatic nitrogens is 5. The first-order chi connectivity index (χ1) is 15.4. The van der Waals surface area contributed by atoms with Crippen LogP contribution >= 0.6 is 0 Å². The smallest absolute Gasteiger partial charge is 0.241 e. The molecular formula is C23H26F2N6O. The third-order valence-corrected chi connectivity index (χ3v) is 6.52. The highest BCUT2D eigenvalue weighted by molar-refractivity contribution is 5.75. The van der Waals surface area contributed by atoms with Gasteiger partial charge in [0.2, 0.25) is 12.4 Å². The van der Waals surface area contributed by atoms with Crippen LogP contribution in [0.4, 0.5) is 14.7 Å². The minimum Gasteiger partial charge on any atom is -0.370 e. The average Bonchev–Trinajstić information content (AvgIpc) is 2.73. The van der Waals surface area contributed by atoms with Gasteiger partial charge in [0.05, 0.1) is 30.2 Å².